The predicted molar refractivity (Wildman–Crippen MR) is 109 cm³/mol. The highest BCUT2D eigenvalue weighted by Crippen LogP contribution is 2.30. The third kappa shape index (κ3) is 4.62. The van der Waals surface area contributed by atoms with Crippen molar-refractivity contribution >= 4 is 16.7 Å². The number of methoxy groups -OCH3 is 1. The van der Waals surface area contributed by atoms with Crippen LogP contribution in [-0.4, -0.2) is 37.0 Å². The first-order valence-corrected chi connectivity index (χ1v) is 10.3. The first-order chi connectivity index (χ1) is 13.2. The third-order valence-electron chi connectivity index (χ3n) is 5.91. The molecule has 1 N–H and O–H groups in total. The second-order valence-electron chi connectivity index (χ2n) is 8.10. The van der Waals surface area contributed by atoms with E-state index >= 15 is 0 Å². The highest BCUT2D eigenvalue weighted by atomic mass is 16.5. The van der Waals surface area contributed by atoms with Gasteiger partial charge in [0.2, 0.25) is 5.91 Å². The lowest BCUT2D eigenvalue weighted by atomic mass is 9.92. The summed E-state index contributed by atoms with van der Waals surface area (Å²) in [6, 6.07) is 13.3. The number of nitrogens with one attached hydrogen (secondary N) is 1. The van der Waals surface area contributed by atoms with Crippen LogP contribution in [0.3, 0.4) is 0 Å². The number of ether oxygens (including phenoxy) is 1. The molecule has 2 aromatic rings. The first-order valence-electron chi connectivity index (χ1n) is 10.3. The molecule has 1 atom stereocenters. The number of hydrogen-bond donors (Lipinski definition) is 1. The Morgan fingerprint density at radius 1 is 1.15 bits per heavy atom. The molecule has 144 valence electrons. The lowest BCUT2D eigenvalue weighted by Gasteiger charge is -2.33. The summed E-state index contributed by atoms with van der Waals surface area (Å²) in [5, 5.41) is 5.57. The van der Waals surface area contributed by atoms with Gasteiger partial charge in [-0.1, -0.05) is 30.3 Å². The van der Waals surface area contributed by atoms with Gasteiger partial charge in [0, 0.05) is 30.9 Å². The Labute approximate surface area is 161 Å². The van der Waals surface area contributed by atoms with Crippen molar-refractivity contribution in [1.29, 1.82) is 0 Å². The number of fused-ring (bicyclic) bond motifs is 1. The Hall–Kier alpha value is -2.07. The highest BCUT2D eigenvalue weighted by Gasteiger charge is 2.25. The van der Waals surface area contributed by atoms with Crippen LogP contribution in [0.2, 0.25) is 0 Å². The Morgan fingerprint density at radius 3 is 2.74 bits per heavy atom. The summed E-state index contributed by atoms with van der Waals surface area (Å²) in [4.78, 5) is 14.5. The maximum absolute atomic E-state index is 12.0. The minimum absolute atomic E-state index is 0.246. The van der Waals surface area contributed by atoms with E-state index in [4.69, 9.17) is 4.74 Å². The molecule has 1 saturated heterocycles. The van der Waals surface area contributed by atoms with Crippen molar-refractivity contribution in [2.24, 2.45) is 5.92 Å². The van der Waals surface area contributed by atoms with Crippen molar-refractivity contribution in [3.05, 3.63) is 42.0 Å². The Balaban J connectivity index is 1.37. The van der Waals surface area contributed by atoms with Gasteiger partial charge < -0.3 is 10.1 Å². The number of carbonyl (C=O) groups excluding carboxylic acids is 1. The van der Waals surface area contributed by atoms with E-state index in [0.29, 0.717) is 18.4 Å². The second kappa shape index (κ2) is 8.30. The van der Waals surface area contributed by atoms with Crippen LogP contribution in [0, 0.1) is 5.92 Å². The summed E-state index contributed by atoms with van der Waals surface area (Å²) in [5.74, 6) is 1.82. The number of amides is 1. The smallest absolute Gasteiger partial charge is 0.220 e. The minimum atomic E-state index is 0.246. The third-order valence-corrected chi connectivity index (χ3v) is 5.91. The molecule has 2 fully saturated rings. The average Bonchev–Trinajstić information content (AvgIpc) is 3.51. The fourth-order valence-corrected chi connectivity index (χ4v) is 4.28. The van der Waals surface area contributed by atoms with Crippen molar-refractivity contribution in [2.45, 2.75) is 51.1 Å². The maximum atomic E-state index is 12.0. The van der Waals surface area contributed by atoms with Crippen molar-refractivity contribution in [3.63, 3.8) is 0 Å². The normalized spacial score (nSPS) is 20.6. The molecule has 2 aliphatic rings. The zero-order valence-electron chi connectivity index (χ0n) is 16.2. The van der Waals surface area contributed by atoms with Gasteiger partial charge in [0.1, 0.15) is 5.75 Å². The number of hydrogen-bond acceptors (Lipinski definition) is 3. The first kappa shape index (κ1) is 18.3. The van der Waals surface area contributed by atoms with Gasteiger partial charge in [-0.25, -0.2) is 0 Å². The molecule has 0 spiro atoms. The molecule has 0 aromatic heterocycles. The number of carbonyl (C=O) groups is 1. The zero-order valence-corrected chi connectivity index (χ0v) is 16.2. The predicted octanol–water partition coefficient (Wildman–Crippen LogP) is 4.12. The van der Waals surface area contributed by atoms with Gasteiger partial charge in [0.05, 0.1) is 7.11 Å². The molecular formula is C23H30N2O2. The lowest BCUT2D eigenvalue weighted by Crippen LogP contribution is -2.35. The molecule has 4 rings (SSSR count). The highest BCUT2D eigenvalue weighted by molar-refractivity contribution is 5.91. The second-order valence-corrected chi connectivity index (χ2v) is 8.10. The number of piperidine rings is 1. The number of nitrogens with zero attached hydrogens (tertiary/aromatic N) is 1. The Kier molecular flexibility index (Phi) is 5.63. The molecule has 0 unspecified atom stereocenters. The van der Waals surface area contributed by atoms with Gasteiger partial charge in [-0.3, -0.25) is 9.69 Å². The van der Waals surface area contributed by atoms with Gasteiger partial charge in [-0.15, -0.1) is 0 Å². The zero-order chi connectivity index (χ0) is 18.6. The Morgan fingerprint density at radius 2 is 1.96 bits per heavy atom. The summed E-state index contributed by atoms with van der Waals surface area (Å²) in [5.41, 5.74) is 1.36. The maximum Gasteiger partial charge on any atom is 0.220 e. The van der Waals surface area contributed by atoms with Crippen LogP contribution in [0.1, 0.15) is 44.1 Å². The van der Waals surface area contributed by atoms with E-state index in [1.54, 1.807) is 7.11 Å². The number of benzene rings is 2. The number of rotatable bonds is 7. The molecule has 0 bridgehead atoms. The van der Waals surface area contributed by atoms with E-state index in [2.05, 4.69) is 46.6 Å². The largest absolute Gasteiger partial charge is 0.496 e. The van der Waals surface area contributed by atoms with Crippen molar-refractivity contribution in [2.75, 3.05) is 20.2 Å². The van der Waals surface area contributed by atoms with Crippen LogP contribution < -0.4 is 10.1 Å². The molecule has 2 aromatic carbocycles. The van der Waals surface area contributed by atoms with Crippen LogP contribution in [0.4, 0.5) is 0 Å². The summed E-state index contributed by atoms with van der Waals surface area (Å²) < 4.78 is 5.52. The standard InChI is InChI=1S/C23H30N2O2/c1-27-22-12-9-18(20-6-2-3-7-21(20)22)16-25-14-4-5-17(15-25)8-13-23(26)24-19-10-11-19/h2-3,6-7,9,12,17,19H,4-5,8,10-11,13-16H2,1H3,(H,24,26)/t17-/m1/s1. The quantitative estimate of drug-likeness (QED) is 0.801. The Bertz CT molecular complexity index is 800. The molecule has 0 radical (unpaired) electrons. The monoisotopic (exact) mass is 366 g/mol. The average molecular weight is 367 g/mol. The van der Waals surface area contributed by atoms with Gasteiger partial charge in [0.15, 0.2) is 0 Å². The van der Waals surface area contributed by atoms with E-state index in [1.807, 2.05) is 0 Å². The fraction of sp³-hybridized carbons (Fsp3) is 0.522. The molecule has 4 nitrogen and oxygen atoms in total. The molecular weight excluding hydrogens is 336 g/mol. The van der Waals surface area contributed by atoms with Gasteiger partial charge in [-0.05, 0) is 61.6 Å². The van der Waals surface area contributed by atoms with Gasteiger partial charge in [0.25, 0.3) is 0 Å². The van der Waals surface area contributed by atoms with Crippen LogP contribution in [0.25, 0.3) is 10.8 Å². The molecule has 1 heterocycles. The minimum Gasteiger partial charge on any atom is -0.496 e. The molecule has 1 aliphatic heterocycles. The van der Waals surface area contributed by atoms with E-state index in [0.717, 1.165) is 31.8 Å². The van der Waals surface area contributed by atoms with E-state index in [-0.39, 0.29) is 5.91 Å². The summed E-state index contributed by atoms with van der Waals surface area (Å²) >= 11 is 0. The van der Waals surface area contributed by atoms with Crippen molar-refractivity contribution in [3.8, 4) is 5.75 Å². The van der Waals surface area contributed by atoms with Gasteiger partial charge in [-0.2, -0.15) is 0 Å². The van der Waals surface area contributed by atoms with Gasteiger partial charge >= 0.3 is 0 Å². The topological polar surface area (TPSA) is 41.6 Å². The van der Waals surface area contributed by atoms with Crippen LogP contribution >= 0.6 is 0 Å². The van der Waals surface area contributed by atoms with Crippen LogP contribution in [0.15, 0.2) is 36.4 Å². The van der Waals surface area contributed by atoms with E-state index in [1.165, 1.54) is 42.0 Å². The lowest BCUT2D eigenvalue weighted by molar-refractivity contribution is -0.121. The fourth-order valence-electron chi connectivity index (χ4n) is 4.28. The molecule has 4 heteroatoms. The molecule has 1 aliphatic carbocycles. The molecule has 27 heavy (non-hydrogen) atoms. The van der Waals surface area contributed by atoms with E-state index in [9.17, 15) is 4.79 Å². The SMILES string of the molecule is COc1ccc(CN2CCC[C@H](CCC(=O)NC3CC3)C2)c2ccccc12. The van der Waals surface area contributed by atoms with Crippen LogP contribution in [0.5, 0.6) is 5.75 Å². The summed E-state index contributed by atoms with van der Waals surface area (Å²) in [7, 11) is 1.73. The summed E-state index contributed by atoms with van der Waals surface area (Å²) in [6.07, 6.45) is 6.50. The number of likely N-dealkylation sites (tertiary alicyclic amines) is 1. The van der Waals surface area contributed by atoms with E-state index < -0.39 is 0 Å². The van der Waals surface area contributed by atoms with Crippen molar-refractivity contribution in [1.82, 2.24) is 10.2 Å². The molecule has 1 amide bonds. The van der Waals surface area contributed by atoms with Crippen molar-refractivity contribution < 1.29 is 9.53 Å². The molecule has 1 saturated carbocycles. The summed E-state index contributed by atoms with van der Waals surface area (Å²) in [6.45, 7) is 3.21. The van der Waals surface area contributed by atoms with Crippen LogP contribution in [-0.2, 0) is 11.3 Å².